The molecule has 3 aromatic rings. The summed E-state index contributed by atoms with van der Waals surface area (Å²) < 4.78 is 0. The van der Waals surface area contributed by atoms with Crippen LogP contribution >= 0.6 is 0 Å². The second-order valence-corrected chi connectivity index (χ2v) is 7.65. The van der Waals surface area contributed by atoms with Crippen LogP contribution in [0.3, 0.4) is 0 Å². The topological polar surface area (TPSA) is 61.0 Å². The van der Waals surface area contributed by atoms with Crippen molar-refractivity contribution in [2.24, 2.45) is 0 Å². The van der Waals surface area contributed by atoms with Crippen LogP contribution in [0.1, 0.15) is 30.8 Å². The predicted octanol–water partition coefficient (Wildman–Crippen LogP) is 3.94. The fourth-order valence-electron chi connectivity index (χ4n) is 3.97. The molecule has 2 aromatic carbocycles. The van der Waals surface area contributed by atoms with E-state index in [0.29, 0.717) is 11.4 Å². The molecule has 0 amide bonds. The molecule has 1 aliphatic heterocycles. The average molecular weight is 360 g/mol. The van der Waals surface area contributed by atoms with Gasteiger partial charge in [0.2, 0.25) is 0 Å². The summed E-state index contributed by atoms with van der Waals surface area (Å²) in [7, 11) is 1.85. The number of ketones is 1. The van der Waals surface area contributed by atoms with E-state index in [9.17, 15) is 4.79 Å². The lowest BCUT2D eigenvalue weighted by molar-refractivity contribution is -0.116. The van der Waals surface area contributed by atoms with Crippen LogP contribution in [0.15, 0.2) is 48.3 Å². The molecule has 0 fully saturated rings. The summed E-state index contributed by atoms with van der Waals surface area (Å²) in [5.41, 5.74) is 4.99. The van der Waals surface area contributed by atoms with Crippen molar-refractivity contribution in [3.05, 3.63) is 65.2 Å². The molecule has 0 atom stereocenters. The number of aromatic nitrogens is 2. The Kier molecular flexibility index (Phi) is 3.84. The standard InChI is InChI=1S/C22H24N4O/c1-13-10-14(2)12-15(11-13)26-21(23-5)18(19(27)22(26,3)4)20-24-16-8-6-7-9-17(16)25-20/h6-12,23H,1-5H3,(H,24,25). The molecule has 0 spiro atoms. The van der Waals surface area contributed by atoms with Crippen LogP contribution in [-0.4, -0.2) is 28.3 Å². The van der Waals surface area contributed by atoms with Crippen molar-refractivity contribution in [2.45, 2.75) is 33.2 Å². The number of fused-ring (bicyclic) bond motifs is 1. The van der Waals surface area contributed by atoms with Crippen LogP contribution < -0.4 is 10.2 Å². The zero-order valence-electron chi connectivity index (χ0n) is 16.3. The van der Waals surface area contributed by atoms with E-state index >= 15 is 0 Å². The van der Waals surface area contributed by atoms with Crippen LogP contribution in [-0.2, 0) is 4.79 Å². The molecule has 4 rings (SSSR count). The maximum Gasteiger partial charge on any atom is 0.195 e. The number of nitrogens with zero attached hydrogens (tertiary/aromatic N) is 2. The SMILES string of the molecule is CNC1=C(c2nc3ccccc3[nH]2)C(=O)C(C)(C)N1c1cc(C)cc(C)c1. The third-order valence-corrected chi connectivity index (χ3v) is 5.13. The molecule has 0 saturated carbocycles. The van der Waals surface area contributed by atoms with Gasteiger partial charge >= 0.3 is 0 Å². The average Bonchev–Trinajstić information content (AvgIpc) is 3.10. The first-order chi connectivity index (χ1) is 12.8. The van der Waals surface area contributed by atoms with Gasteiger partial charge in [-0.2, -0.15) is 0 Å². The van der Waals surface area contributed by atoms with Gasteiger partial charge in [0.25, 0.3) is 0 Å². The molecule has 0 unspecified atom stereocenters. The summed E-state index contributed by atoms with van der Waals surface area (Å²) in [6.07, 6.45) is 0. The Morgan fingerprint density at radius 1 is 1.07 bits per heavy atom. The highest BCUT2D eigenvalue weighted by Crippen LogP contribution is 2.41. The minimum absolute atomic E-state index is 0.0464. The van der Waals surface area contributed by atoms with E-state index in [2.05, 4.69) is 52.2 Å². The van der Waals surface area contributed by atoms with E-state index in [1.54, 1.807) is 0 Å². The van der Waals surface area contributed by atoms with Gasteiger partial charge in [-0.15, -0.1) is 0 Å². The lowest BCUT2D eigenvalue weighted by Crippen LogP contribution is -2.46. The lowest BCUT2D eigenvalue weighted by atomic mass is 9.95. The second kappa shape index (κ2) is 5.98. The first-order valence-electron chi connectivity index (χ1n) is 9.13. The summed E-state index contributed by atoms with van der Waals surface area (Å²) in [6, 6.07) is 14.2. The molecule has 1 aliphatic rings. The molecule has 2 heterocycles. The Labute approximate surface area is 159 Å². The van der Waals surface area contributed by atoms with Crippen molar-refractivity contribution in [3.63, 3.8) is 0 Å². The number of para-hydroxylation sites is 2. The van der Waals surface area contributed by atoms with Gasteiger partial charge in [0, 0.05) is 12.7 Å². The number of Topliss-reactive ketones (excluding diaryl/α,β-unsaturated/α-hetero) is 1. The highest BCUT2D eigenvalue weighted by atomic mass is 16.1. The van der Waals surface area contributed by atoms with Crippen molar-refractivity contribution in [1.29, 1.82) is 0 Å². The van der Waals surface area contributed by atoms with Gasteiger partial charge in [-0.25, -0.2) is 4.98 Å². The van der Waals surface area contributed by atoms with Gasteiger partial charge in [0.05, 0.1) is 11.0 Å². The lowest BCUT2D eigenvalue weighted by Gasteiger charge is -2.34. The number of carbonyl (C=O) groups is 1. The quantitative estimate of drug-likeness (QED) is 0.743. The first-order valence-corrected chi connectivity index (χ1v) is 9.13. The summed E-state index contributed by atoms with van der Waals surface area (Å²) in [5, 5.41) is 3.26. The van der Waals surface area contributed by atoms with Crippen molar-refractivity contribution in [3.8, 4) is 0 Å². The molecule has 138 valence electrons. The van der Waals surface area contributed by atoms with Crippen LogP contribution in [0.2, 0.25) is 0 Å². The number of aromatic amines is 1. The summed E-state index contributed by atoms with van der Waals surface area (Å²) in [4.78, 5) is 23.5. The number of rotatable bonds is 3. The Balaban J connectivity index is 1.94. The zero-order chi connectivity index (χ0) is 19.3. The fourth-order valence-corrected chi connectivity index (χ4v) is 3.97. The summed E-state index contributed by atoms with van der Waals surface area (Å²) >= 11 is 0. The summed E-state index contributed by atoms with van der Waals surface area (Å²) in [6.45, 7) is 8.06. The fraction of sp³-hybridized carbons (Fsp3) is 0.273. The molecule has 27 heavy (non-hydrogen) atoms. The van der Waals surface area contributed by atoms with E-state index in [1.807, 2.05) is 45.2 Å². The number of aryl methyl sites for hydroxylation is 2. The molecule has 2 N–H and O–H groups in total. The Morgan fingerprint density at radius 2 is 1.74 bits per heavy atom. The normalized spacial score (nSPS) is 16.5. The summed E-state index contributed by atoms with van der Waals surface area (Å²) in [5.74, 6) is 1.42. The Bertz CT molecular complexity index is 1040. The number of hydrogen-bond acceptors (Lipinski definition) is 4. The van der Waals surface area contributed by atoms with Gasteiger partial charge in [0.1, 0.15) is 22.8 Å². The molecule has 0 aliphatic carbocycles. The van der Waals surface area contributed by atoms with Gasteiger partial charge in [-0.1, -0.05) is 18.2 Å². The van der Waals surface area contributed by atoms with E-state index < -0.39 is 5.54 Å². The number of benzene rings is 2. The maximum absolute atomic E-state index is 13.4. The van der Waals surface area contributed by atoms with E-state index in [1.165, 1.54) is 11.1 Å². The third-order valence-electron chi connectivity index (χ3n) is 5.13. The first kappa shape index (κ1) is 17.3. The molecule has 1 aromatic heterocycles. The maximum atomic E-state index is 13.4. The minimum atomic E-state index is -0.715. The predicted molar refractivity (Wildman–Crippen MR) is 110 cm³/mol. The smallest absolute Gasteiger partial charge is 0.195 e. The number of hydrogen-bond donors (Lipinski definition) is 2. The second-order valence-electron chi connectivity index (χ2n) is 7.65. The molecule has 0 radical (unpaired) electrons. The van der Waals surface area contributed by atoms with Crippen LogP contribution in [0.25, 0.3) is 16.6 Å². The molecular weight excluding hydrogens is 336 g/mol. The number of imidazole rings is 1. The minimum Gasteiger partial charge on any atom is -0.374 e. The number of anilines is 1. The zero-order valence-corrected chi connectivity index (χ0v) is 16.3. The molecule has 5 heteroatoms. The van der Waals surface area contributed by atoms with E-state index in [0.717, 1.165) is 22.5 Å². The molecular formula is C22H24N4O. The van der Waals surface area contributed by atoms with Crippen molar-refractivity contribution in [2.75, 3.05) is 11.9 Å². The highest BCUT2D eigenvalue weighted by molar-refractivity contribution is 6.29. The van der Waals surface area contributed by atoms with Crippen LogP contribution in [0.4, 0.5) is 5.69 Å². The van der Waals surface area contributed by atoms with Crippen LogP contribution in [0.5, 0.6) is 0 Å². The van der Waals surface area contributed by atoms with Crippen molar-refractivity contribution in [1.82, 2.24) is 15.3 Å². The number of carbonyl (C=O) groups excluding carboxylic acids is 1. The van der Waals surface area contributed by atoms with Gasteiger partial charge in [0.15, 0.2) is 5.78 Å². The van der Waals surface area contributed by atoms with Crippen molar-refractivity contribution < 1.29 is 4.79 Å². The Hall–Kier alpha value is -3.08. The molecule has 0 bridgehead atoms. The van der Waals surface area contributed by atoms with Gasteiger partial charge < -0.3 is 15.2 Å². The monoisotopic (exact) mass is 360 g/mol. The number of H-pyrrole nitrogens is 1. The highest BCUT2D eigenvalue weighted by Gasteiger charge is 2.48. The van der Waals surface area contributed by atoms with Gasteiger partial charge in [-0.3, -0.25) is 4.79 Å². The molecule has 5 nitrogen and oxygen atoms in total. The van der Waals surface area contributed by atoms with E-state index in [-0.39, 0.29) is 5.78 Å². The van der Waals surface area contributed by atoms with Gasteiger partial charge in [-0.05, 0) is 63.1 Å². The Morgan fingerprint density at radius 3 is 2.37 bits per heavy atom. The van der Waals surface area contributed by atoms with Crippen LogP contribution in [0, 0.1) is 13.8 Å². The van der Waals surface area contributed by atoms with Crippen molar-refractivity contribution >= 4 is 28.1 Å². The number of nitrogens with one attached hydrogen (secondary N) is 2. The van der Waals surface area contributed by atoms with E-state index in [4.69, 9.17) is 0 Å². The molecule has 0 saturated heterocycles. The largest absolute Gasteiger partial charge is 0.374 e. The third kappa shape index (κ3) is 2.62.